The van der Waals surface area contributed by atoms with Crippen molar-refractivity contribution in [3.63, 3.8) is 0 Å². The van der Waals surface area contributed by atoms with Crippen LogP contribution < -0.4 is 5.32 Å². The fraction of sp³-hybridized carbons (Fsp3) is 0.278. The van der Waals surface area contributed by atoms with Gasteiger partial charge in [0.05, 0.1) is 6.61 Å². The Bertz CT molecular complexity index is 719. The second-order valence-corrected chi connectivity index (χ2v) is 5.58. The number of aliphatic hydroxyl groups excluding tert-OH is 3. The normalized spacial score (nSPS) is 13.1. The zero-order chi connectivity index (χ0) is 19.1. The molecule has 2 aromatic carbocycles. The van der Waals surface area contributed by atoms with Crippen LogP contribution in [0.5, 0.6) is 0 Å². The molecule has 2 unspecified atom stereocenters. The Kier molecular flexibility index (Phi) is 7.02. The van der Waals surface area contributed by atoms with Crippen LogP contribution in [0.25, 0.3) is 0 Å². The monoisotopic (exact) mass is 367 g/mol. The molecule has 6 nitrogen and oxygen atoms in total. The molecule has 0 bridgehead atoms. The molecule has 1 amide bonds. The van der Waals surface area contributed by atoms with Crippen molar-refractivity contribution in [2.75, 3.05) is 6.54 Å². The van der Waals surface area contributed by atoms with Crippen LogP contribution in [0.4, 0.5) is 13.6 Å². The molecule has 2 atom stereocenters. The first-order chi connectivity index (χ1) is 12.4. The minimum Gasteiger partial charge on any atom is -0.445 e. The third-order valence-electron chi connectivity index (χ3n) is 3.70. The highest BCUT2D eigenvalue weighted by Gasteiger charge is 2.22. The molecule has 26 heavy (non-hydrogen) atoms. The van der Waals surface area contributed by atoms with Gasteiger partial charge in [-0.3, -0.25) is 0 Å². The lowest BCUT2D eigenvalue weighted by molar-refractivity contribution is 0.0180. The zero-order valence-electron chi connectivity index (χ0n) is 13.7. The van der Waals surface area contributed by atoms with Crippen LogP contribution in [-0.2, 0) is 18.0 Å². The van der Waals surface area contributed by atoms with Gasteiger partial charge in [-0.25, -0.2) is 13.6 Å². The number of nitrogens with one attached hydrogen (secondary N) is 1. The average molecular weight is 367 g/mol. The van der Waals surface area contributed by atoms with Gasteiger partial charge >= 0.3 is 6.09 Å². The number of rotatable bonds is 7. The van der Waals surface area contributed by atoms with Gasteiger partial charge in [0, 0.05) is 12.1 Å². The van der Waals surface area contributed by atoms with Crippen molar-refractivity contribution < 1.29 is 33.6 Å². The van der Waals surface area contributed by atoms with Crippen LogP contribution in [0.1, 0.15) is 22.8 Å². The molecule has 0 saturated heterocycles. The second-order valence-electron chi connectivity index (χ2n) is 5.58. The second kappa shape index (κ2) is 9.23. The summed E-state index contributed by atoms with van der Waals surface area (Å²) >= 11 is 0. The minimum atomic E-state index is -1.64. The van der Waals surface area contributed by atoms with E-state index >= 15 is 0 Å². The Hall–Kier alpha value is -2.55. The van der Waals surface area contributed by atoms with Gasteiger partial charge in [-0.1, -0.05) is 30.3 Å². The first kappa shape index (κ1) is 19.8. The van der Waals surface area contributed by atoms with Gasteiger partial charge in [-0.15, -0.1) is 0 Å². The predicted molar refractivity (Wildman–Crippen MR) is 87.9 cm³/mol. The smallest absolute Gasteiger partial charge is 0.407 e. The van der Waals surface area contributed by atoms with E-state index < -0.39 is 42.1 Å². The lowest BCUT2D eigenvalue weighted by atomic mass is 10.0. The molecule has 0 aliphatic heterocycles. The molecule has 2 aromatic rings. The first-order valence-electron chi connectivity index (χ1n) is 7.81. The van der Waals surface area contributed by atoms with Crippen molar-refractivity contribution in [2.24, 2.45) is 0 Å². The summed E-state index contributed by atoms with van der Waals surface area (Å²) in [5.41, 5.74) is 0.0281. The largest absolute Gasteiger partial charge is 0.445 e. The number of amides is 1. The van der Waals surface area contributed by atoms with E-state index in [9.17, 15) is 23.8 Å². The Morgan fingerprint density at radius 1 is 1.12 bits per heavy atom. The average Bonchev–Trinajstić information content (AvgIpc) is 2.64. The Balaban J connectivity index is 1.87. The molecular formula is C18H19F2NO5. The summed E-state index contributed by atoms with van der Waals surface area (Å²) in [6, 6.07) is 10.6. The summed E-state index contributed by atoms with van der Waals surface area (Å²) in [5.74, 6) is -2.08. The summed E-state index contributed by atoms with van der Waals surface area (Å²) in [7, 11) is 0. The van der Waals surface area contributed by atoms with E-state index in [2.05, 4.69) is 5.32 Å². The summed E-state index contributed by atoms with van der Waals surface area (Å²) in [4.78, 5) is 11.6. The molecule has 8 heteroatoms. The molecule has 0 spiro atoms. The van der Waals surface area contributed by atoms with Crippen molar-refractivity contribution in [1.29, 1.82) is 0 Å². The van der Waals surface area contributed by atoms with E-state index in [1.54, 1.807) is 24.3 Å². The maximum absolute atomic E-state index is 13.6. The van der Waals surface area contributed by atoms with Gasteiger partial charge in [0.25, 0.3) is 0 Å². The molecular weight excluding hydrogens is 348 g/mol. The first-order valence-corrected chi connectivity index (χ1v) is 7.81. The molecule has 140 valence electrons. The predicted octanol–water partition coefficient (Wildman–Crippen LogP) is 1.78. The number of aliphatic hydroxyl groups is 3. The molecule has 0 fully saturated rings. The third kappa shape index (κ3) is 5.22. The number of halogens is 2. The number of carbonyl (C=O) groups excluding carboxylic acids is 1. The van der Waals surface area contributed by atoms with Crippen LogP contribution in [0, 0.1) is 11.6 Å². The van der Waals surface area contributed by atoms with Gasteiger partial charge in [0.2, 0.25) is 0 Å². The summed E-state index contributed by atoms with van der Waals surface area (Å²) in [6.45, 7) is -1.18. The summed E-state index contributed by atoms with van der Waals surface area (Å²) in [6.07, 6.45) is -3.97. The van der Waals surface area contributed by atoms with Crippen molar-refractivity contribution in [3.8, 4) is 0 Å². The molecule has 0 aromatic heterocycles. The fourth-order valence-electron chi connectivity index (χ4n) is 2.24. The van der Waals surface area contributed by atoms with Crippen molar-refractivity contribution in [1.82, 2.24) is 5.32 Å². The minimum absolute atomic E-state index is 0.0321. The number of hydrogen-bond donors (Lipinski definition) is 4. The maximum atomic E-state index is 13.6. The van der Waals surface area contributed by atoms with Crippen LogP contribution in [0.15, 0.2) is 42.5 Å². The number of ether oxygens (including phenoxy) is 1. The topological polar surface area (TPSA) is 99.0 Å². The standard InChI is InChI=1S/C18H19F2NO5/c19-14-6-12(7-15(20)13(14)9-22)17(24)16(23)8-21-18(25)26-10-11-4-2-1-3-5-11/h1-7,16-17,22-24H,8-10H2,(H,21,25). The van der Waals surface area contributed by atoms with Gasteiger partial charge in [-0.2, -0.15) is 0 Å². The molecule has 0 heterocycles. The van der Waals surface area contributed by atoms with E-state index in [0.29, 0.717) is 0 Å². The molecule has 0 saturated carbocycles. The Morgan fingerprint density at radius 3 is 2.31 bits per heavy atom. The third-order valence-corrected chi connectivity index (χ3v) is 3.70. The van der Waals surface area contributed by atoms with Crippen molar-refractivity contribution >= 4 is 6.09 Å². The highest BCUT2D eigenvalue weighted by Crippen LogP contribution is 2.22. The lowest BCUT2D eigenvalue weighted by Crippen LogP contribution is -2.35. The summed E-state index contributed by atoms with van der Waals surface area (Å²) in [5, 5.41) is 31.0. The van der Waals surface area contributed by atoms with Crippen molar-refractivity contribution in [3.05, 3.63) is 70.8 Å². The van der Waals surface area contributed by atoms with E-state index in [1.165, 1.54) is 0 Å². The van der Waals surface area contributed by atoms with Gasteiger partial charge in [-0.05, 0) is 23.3 Å². The molecule has 0 radical (unpaired) electrons. The van der Waals surface area contributed by atoms with E-state index in [0.717, 1.165) is 17.7 Å². The number of hydrogen-bond acceptors (Lipinski definition) is 5. The van der Waals surface area contributed by atoms with Gasteiger partial charge in [0.15, 0.2) is 0 Å². The van der Waals surface area contributed by atoms with Gasteiger partial charge in [0.1, 0.15) is 30.4 Å². The van der Waals surface area contributed by atoms with Crippen LogP contribution >= 0.6 is 0 Å². The Labute approximate surface area is 148 Å². The number of alkyl carbamates (subject to hydrolysis) is 1. The zero-order valence-corrected chi connectivity index (χ0v) is 13.7. The summed E-state index contributed by atoms with van der Waals surface area (Å²) < 4.78 is 32.2. The van der Waals surface area contributed by atoms with Gasteiger partial charge < -0.3 is 25.4 Å². The van der Waals surface area contributed by atoms with Crippen molar-refractivity contribution in [2.45, 2.75) is 25.4 Å². The lowest BCUT2D eigenvalue weighted by Gasteiger charge is -2.19. The van der Waals surface area contributed by atoms with Crippen LogP contribution in [0.3, 0.4) is 0 Å². The molecule has 2 rings (SSSR count). The molecule has 4 N–H and O–H groups in total. The fourth-order valence-corrected chi connectivity index (χ4v) is 2.24. The number of benzene rings is 2. The van der Waals surface area contributed by atoms with Crippen LogP contribution in [-0.4, -0.2) is 34.1 Å². The van der Waals surface area contributed by atoms with E-state index in [-0.39, 0.29) is 18.7 Å². The SMILES string of the molecule is O=C(NCC(O)C(O)c1cc(F)c(CO)c(F)c1)OCc1ccccc1. The highest BCUT2D eigenvalue weighted by atomic mass is 19.1. The maximum Gasteiger partial charge on any atom is 0.407 e. The number of carbonyl (C=O) groups is 1. The van der Waals surface area contributed by atoms with E-state index in [1.807, 2.05) is 6.07 Å². The van der Waals surface area contributed by atoms with Crippen LogP contribution in [0.2, 0.25) is 0 Å². The molecule has 0 aliphatic rings. The Morgan fingerprint density at radius 2 is 1.73 bits per heavy atom. The highest BCUT2D eigenvalue weighted by molar-refractivity contribution is 5.67. The van der Waals surface area contributed by atoms with E-state index in [4.69, 9.17) is 9.84 Å². The molecule has 0 aliphatic carbocycles. The quantitative estimate of drug-likeness (QED) is 0.598.